The number of carbonyl (C=O) groups is 1. The van der Waals surface area contributed by atoms with Crippen LogP contribution in [-0.4, -0.2) is 12.0 Å². The highest BCUT2D eigenvalue weighted by molar-refractivity contribution is 6.08. The number of aldehydes is 1. The summed E-state index contributed by atoms with van der Waals surface area (Å²) in [4.78, 5) is 15.4. The van der Waals surface area contributed by atoms with Crippen LogP contribution in [0.4, 0.5) is 5.69 Å². The van der Waals surface area contributed by atoms with Crippen LogP contribution in [0.25, 0.3) is 0 Å². The van der Waals surface area contributed by atoms with Crippen molar-refractivity contribution < 1.29 is 4.79 Å². The minimum absolute atomic E-state index is 0.104. The zero-order valence-electron chi connectivity index (χ0n) is 9.32. The van der Waals surface area contributed by atoms with E-state index in [1.807, 2.05) is 25.1 Å². The molecule has 1 aliphatic rings. The predicted molar refractivity (Wildman–Crippen MR) is 61.8 cm³/mol. The average molecular weight is 201 g/mol. The van der Waals surface area contributed by atoms with Crippen LogP contribution in [0.3, 0.4) is 0 Å². The van der Waals surface area contributed by atoms with Gasteiger partial charge < -0.3 is 4.79 Å². The largest absolute Gasteiger partial charge is 0.303 e. The second-order valence-corrected chi connectivity index (χ2v) is 4.56. The smallest absolute Gasteiger partial charge is 0.128 e. The first-order valence-corrected chi connectivity index (χ1v) is 5.21. The number of nitrogens with zero attached hydrogens (tertiary/aromatic N) is 1. The van der Waals surface area contributed by atoms with Crippen LogP contribution >= 0.6 is 0 Å². The number of aliphatic imine (C=N–C) groups is 1. The minimum Gasteiger partial charge on any atom is -0.303 e. The van der Waals surface area contributed by atoms with Gasteiger partial charge in [0.05, 0.1) is 11.6 Å². The summed E-state index contributed by atoms with van der Waals surface area (Å²) in [5.74, 6) is -0.104. The highest BCUT2D eigenvalue weighted by Crippen LogP contribution is 2.41. The van der Waals surface area contributed by atoms with Gasteiger partial charge in [0, 0.05) is 11.1 Å². The SMILES string of the molecule is CC(C=O)C1=Nc2ccccc2C1(C)C. The molecule has 2 nitrogen and oxygen atoms in total. The average Bonchev–Trinajstić information content (AvgIpc) is 2.51. The lowest BCUT2D eigenvalue weighted by molar-refractivity contribution is -0.109. The van der Waals surface area contributed by atoms with Gasteiger partial charge in [0.1, 0.15) is 6.29 Å². The Kier molecular flexibility index (Phi) is 2.22. The Morgan fingerprint density at radius 2 is 2.00 bits per heavy atom. The van der Waals surface area contributed by atoms with Crippen LogP contribution in [0, 0.1) is 5.92 Å². The fourth-order valence-electron chi connectivity index (χ4n) is 2.24. The molecule has 1 aromatic rings. The molecule has 0 fully saturated rings. The molecule has 2 heteroatoms. The second kappa shape index (κ2) is 3.30. The standard InChI is InChI=1S/C13H15NO/c1-9(8-15)12-13(2,3)10-6-4-5-7-11(10)14-12/h4-9H,1-3H3. The summed E-state index contributed by atoms with van der Waals surface area (Å²) in [6, 6.07) is 8.09. The van der Waals surface area contributed by atoms with Gasteiger partial charge in [-0.15, -0.1) is 0 Å². The molecule has 0 radical (unpaired) electrons. The molecule has 0 amide bonds. The third kappa shape index (κ3) is 1.41. The first kappa shape index (κ1) is 10.1. The molecule has 0 saturated heterocycles. The second-order valence-electron chi connectivity index (χ2n) is 4.56. The lowest BCUT2D eigenvalue weighted by atomic mass is 9.77. The van der Waals surface area contributed by atoms with E-state index in [2.05, 4.69) is 24.9 Å². The van der Waals surface area contributed by atoms with Crippen molar-refractivity contribution in [2.24, 2.45) is 10.9 Å². The van der Waals surface area contributed by atoms with E-state index in [1.54, 1.807) is 0 Å². The van der Waals surface area contributed by atoms with E-state index in [1.165, 1.54) is 5.56 Å². The normalized spacial score (nSPS) is 19.3. The maximum atomic E-state index is 10.8. The molecule has 0 saturated carbocycles. The van der Waals surface area contributed by atoms with Crippen molar-refractivity contribution in [2.75, 3.05) is 0 Å². The molecule has 78 valence electrons. The Morgan fingerprint density at radius 1 is 1.33 bits per heavy atom. The monoisotopic (exact) mass is 201 g/mol. The number of rotatable bonds is 2. The van der Waals surface area contributed by atoms with Gasteiger partial charge in [0.25, 0.3) is 0 Å². The van der Waals surface area contributed by atoms with Crippen molar-refractivity contribution in [3.8, 4) is 0 Å². The summed E-state index contributed by atoms with van der Waals surface area (Å²) in [5, 5.41) is 0. The maximum absolute atomic E-state index is 10.8. The minimum atomic E-state index is -0.114. The van der Waals surface area contributed by atoms with Crippen LogP contribution in [0.5, 0.6) is 0 Å². The molecule has 0 N–H and O–H groups in total. The number of hydrogen-bond donors (Lipinski definition) is 0. The summed E-state index contributed by atoms with van der Waals surface area (Å²) in [6.07, 6.45) is 0.965. The molecular weight excluding hydrogens is 186 g/mol. The Hall–Kier alpha value is -1.44. The maximum Gasteiger partial charge on any atom is 0.128 e. The van der Waals surface area contributed by atoms with Crippen LogP contribution in [0.1, 0.15) is 26.3 Å². The molecule has 1 unspecified atom stereocenters. The molecule has 0 spiro atoms. The molecule has 1 aromatic carbocycles. The van der Waals surface area contributed by atoms with Gasteiger partial charge >= 0.3 is 0 Å². The zero-order chi connectivity index (χ0) is 11.1. The summed E-state index contributed by atoms with van der Waals surface area (Å²) in [6.45, 7) is 6.15. The molecule has 1 aliphatic heterocycles. The summed E-state index contributed by atoms with van der Waals surface area (Å²) in [7, 11) is 0. The van der Waals surface area contributed by atoms with E-state index in [9.17, 15) is 4.79 Å². The highest BCUT2D eigenvalue weighted by atomic mass is 16.1. The van der Waals surface area contributed by atoms with Crippen molar-refractivity contribution in [1.29, 1.82) is 0 Å². The highest BCUT2D eigenvalue weighted by Gasteiger charge is 2.36. The molecular formula is C13H15NO. The van der Waals surface area contributed by atoms with Crippen molar-refractivity contribution in [3.63, 3.8) is 0 Å². The fourth-order valence-corrected chi connectivity index (χ4v) is 2.24. The van der Waals surface area contributed by atoms with Gasteiger partial charge in [-0.25, -0.2) is 0 Å². The number of fused-ring (bicyclic) bond motifs is 1. The van der Waals surface area contributed by atoms with Crippen molar-refractivity contribution in [2.45, 2.75) is 26.2 Å². The van der Waals surface area contributed by atoms with Crippen molar-refractivity contribution in [1.82, 2.24) is 0 Å². The number of para-hydroxylation sites is 1. The molecule has 0 aromatic heterocycles. The lowest BCUT2D eigenvalue weighted by Gasteiger charge is -2.23. The van der Waals surface area contributed by atoms with Crippen LogP contribution < -0.4 is 0 Å². The van der Waals surface area contributed by atoms with E-state index in [0.717, 1.165) is 17.7 Å². The zero-order valence-corrected chi connectivity index (χ0v) is 9.32. The number of hydrogen-bond acceptors (Lipinski definition) is 2. The van der Waals surface area contributed by atoms with E-state index < -0.39 is 0 Å². The molecule has 15 heavy (non-hydrogen) atoms. The number of carbonyl (C=O) groups excluding carboxylic acids is 1. The lowest BCUT2D eigenvalue weighted by Crippen LogP contribution is -2.31. The Balaban J connectivity index is 2.53. The van der Waals surface area contributed by atoms with Gasteiger partial charge in [0.15, 0.2) is 0 Å². The van der Waals surface area contributed by atoms with E-state index in [4.69, 9.17) is 0 Å². The topological polar surface area (TPSA) is 29.4 Å². The van der Waals surface area contributed by atoms with Gasteiger partial charge in [0.2, 0.25) is 0 Å². The van der Waals surface area contributed by atoms with E-state index in [-0.39, 0.29) is 11.3 Å². The van der Waals surface area contributed by atoms with Gasteiger partial charge in [-0.05, 0) is 11.6 Å². The summed E-state index contributed by atoms with van der Waals surface area (Å²) < 4.78 is 0. The Morgan fingerprint density at radius 3 is 2.60 bits per heavy atom. The van der Waals surface area contributed by atoms with Crippen molar-refractivity contribution >= 4 is 17.7 Å². The van der Waals surface area contributed by atoms with Gasteiger partial charge in [-0.3, -0.25) is 4.99 Å². The first-order chi connectivity index (χ1) is 7.07. The van der Waals surface area contributed by atoms with Crippen LogP contribution in [0.15, 0.2) is 29.3 Å². The molecule has 1 heterocycles. The molecule has 0 aliphatic carbocycles. The number of benzene rings is 1. The fraction of sp³-hybridized carbons (Fsp3) is 0.385. The van der Waals surface area contributed by atoms with E-state index in [0.29, 0.717) is 0 Å². The molecule has 1 atom stereocenters. The molecule has 2 rings (SSSR count). The summed E-state index contributed by atoms with van der Waals surface area (Å²) >= 11 is 0. The quantitative estimate of drug-likeness (QED) is 0.676. The van der Waals surface area contributed by atoms with Crippen LogP contribution in [-0.2, 0) is 10.2 Å². The van der Waals surface area contributed by atoms with Crippen LogP contribution in [0.2, 0.25) is 0 Å². The third-order valence-electron chi connectivity index (χ3n) is 3.09. The first-order valence-electron chi connectivity index (χ1n) is 5.21. The Labute approximate surface area is 90.0 Å². The predicted octanol–water partition coefficient (Wildman–Crippen LogP) is 2.89. The summed E-state index contributed by atoms with van der Waals surface area (Å²) in [5.41, 5.74) is 3.08. The van der Waals surface area contributed by atoms with Gasteiger partial charge in [-0.1, -0.05) is 39.0 Å². The third-order valence-corrected chi connectivity index (χ3v) is 3.09. The van der Waals surface area contributed by atoms with Crippen molar-refractivity contribution in [3.05, 3.63) is 29.8 Å². The van der Waals surface area contributed by atoms with Gasteiger partial charge in [-0.2, -0.15) is 0 Å². The van der Waals surface area contributed by atoms with E-state index >= 15 is 0 Å². The molecule has 0 bridgehead atoms. The Bertz CT molecular complexity index is 432.